The van der Waals surface area contributed by atoms with Gasteiger partial charge in [0, 0.05) is 24.2 Å². The smallest absolute Gasteiger partial charge is 0.0738 e. The van der Waals surface area contributed by atoms with Crippen molar-refractivity contribution in [1.29, 1.82) is 0 Å². The number of benzene rings is 1. The minimum atomic E-state index is 0.595. The Morgan fingerprint density at radius 1 is 1.33 bits per heavy atom. The first-order valence-corrected chi connectivity index (χ1v) is 7.49. The second-order valence-electron chi connectivity index (χ2n) is 4.11. The van der Waals surface area contributed by atoms with Crippen molar-refractivity contribution in [1.82, 2.24) is 9.78 Å². The zero-order valence-corrected chi connectivity index (χ0v) is 12.9. The van der Waals surface area contributed by atoms with Crippen molar-refractivity contribution in [3.8, 4) is 0 Å². The number of thioether (sulfide) groups is 1. The Hall–Kier alpha value is -0.780. The summed E-state index contributed by atoms with van der Waals surface area (Å²) in [5.74, 6) is 0.903. The molecule has 0 aliphatic rings. The van der Waals surface area contributed by atoms with Gasteiger partial charge in [-0.05, 0) is 40.5 Å². The molecule has 1 aromatic heterocycles. The first-order valence-electron chi connectivity index (χ1n) is 5.71. The third-order valence-electron chi connectivity index (χ3n) is 2.80. The topological polar surface area (TPSA) is 43.8 Å². The van der Waals surface area contributed by atoms with E-state index in [9.17, 15) is 0 Å². The zero-order valence-electron chi connectivity index (χ0n) is 10.5. The molecule has 0 aliphatic heterocycles. The summed E-state index contributed by atoms with van der Waals surface area (Å²) in [6, 6.07) is 8.38. The fourth-order valence-corrected chi connectivity index (χ4v) is 3.34. The Morgan fingerprint density at radius 2 is 2.00 bits per heavy atom. The van der Waals surface area contributed by atoms with Gasteiger partial charge in [-0.15, -0.1) is 11.8 Å². The fourth-order valence-electron chi connectivity index (χ4n) is 1.71. The van der Waals surface area contributed by atoms with Crippen molar-refractivity contribution < 1.29 is 0 Å². The van der Waals surface area contributed by atoms with Crippen LogP contribution in [0.1, 0.15) is 17.0 Å². The molecule has 2 aromatic rings. The van der Waals surface area contributed by atoms with Crippen molar-refractivity contribution in [2.45, 2.75) is 24.1 Å². The molecule has 0 fully saturated rings. The van der Waals surface area contributed by atoms with Crippen LogP contribution >= 0.6 is 27.7 Å². The maximum Gasteiger partial charge on any atom is 0.0738 e. The van der Waals surface area contributed by atoms with Crippen molar-refractivity contribution in [3.63, 3.8) is 0 Å². The minimum Gasteiger partial charge on any atom is -0.326 e. The highest BCUT2D eigenvalue weighted by atomic mass is 79.9. The van der Waals surface area contributed by atoms with Crippen LogP contribution in [-0.2, 0) is 19.3 Å². The van der Waals surface area contributed by atoms with Crippen LogP contribution in [-0.4, -0.2) is 9.78 Å². The standard InChI is InChI=1S/C13H16BrN3S/c1-9-13(14)12(17(2)16-9)8-18-11-5-3-10(7-15)4-6-11/h3-6H,7-8,15H2,1-2H3. The van der Waals surface area contributed by atoms with E-state index >= 15 is 0 Å². The van der Waals surface area contributed by atoms with Crippen LogP contribution in [0.2, 0.25) is 0 Å². The number of aromatic nitrogens is 2. The highest BCUT2D eigenvalue weighted by Crippen LogP contribution is 2.28. The molecular formula is C13H16BrN3S. The van der Waals surface area contributed by atoms with Crippen LogP contribution in [0.5, 0.6) is 0 Å². The van der Waals surface area contributed by atoms with Gasteiger partial charge in [-0.1, -0.05) is 12.1 Å². The molecule has 0 atom stereocenters. The Morgan fingerprint density at radius 3 is 2.50 bits per heavy atom. The second-order valence-corrected chi connectivity index (χ2v) is 5.95. The van der Waals surface area contributed by atoms with Gasteiger partial charge in [0.15, 0.2) is 0 Å². The molecule has 96 valence electrons. The molecule has 0 aliphatic carbocycles. The maximum absolute atomic E-state index is 5.58. The van der Waals surface area contributed by atoms with E-state index in [-0.39, 0.29) is 0 Å². The van der Waals surface area contributed by atoms with Crippen molar-refractivity contribution >= 4 is 27.7 Å². The first-order chi connectivity index (χ1) is 8.61. The van der Waals surface area contributed by atoms with Crippen molar-refractivity contribution in [2.75, 3.05) is 0 Å². The first kappa shape index (κ1) is 13.6. The van der Waals surface area contributed by atoms with Gasteiger partial charge in [0.2, 0.25) is 0 Å². The Bertz CT molecular complexity index is 534. The Balaban J connectivity index is 2.06. The number of hydrogen-bond donors (Lipinski definition) is 1. The quantitative estimate of drug-likeness (QED) is 0.877. The summed E-state index contributed by atoms with van der Waals surface area (Å²) in [4.78, 5) is 1.25. The van der Waals surface area contributed by atoms with E-state index in [4.69, 9.17) is 5.73 Å². The van der Waals surface area contributed by atoms with E-state index < -0.39 is 0 Å². The van der Waals surface area contributed by atoms with E-state index in [1.807, 2.05) is 18.7 Å². The molecule has 0 spiro atoms. The third-order valence-corrected chi connectivity index (χ3v) is 4.85. The monoisotopic (exact) mass is 325 g/mol. The molecule has 0 unspecified atom stereocenters. The lowest BCUT2D eigenvalue weighted by Gasteiger charge is -2.04. The predicted octanol–water partition coefficient (Wildman–Crippen LogP) is 3.24. The summed E-state index contributed by atoms with van der Waals surface area (Å²) >= 11 is 5.39. The Labute approximate surface area is 120 Å². The average molecular weight is 326 g/mol. The third kappa shape index (κ3) is 2.96. The molecule has 2 rings (SSSR count). The normalized spacial score (nSPS) is 10.9. The molecule has 1 aromatic carbocycles. The van der Waals surface area contributed by atoms with Crippen LogP contribution in [0.15, 0.2) is 33.6 Å². The highest BCUT2D eigenvalue weighted by molar-refractivity contribution is 9.10. The van der Waals surface area contributed by atoms with Gasteiger partial charge in [0.1, 0.15) is 0 Å². The van der Waals surface area contributed by atoms with Crippen LogP contribution < -0.4 is 5.73 Å². The molecule has 18 heavy (non-hydrogen) atoms. The van der Waals surface area contributed by atoms with Crippen LogP contribution in [0, 0.1) is 6.92 Å². The molecule has 0 amide bonds. The molecule has 0 radical (unpaired) electrons. The zero-order chi connectivity index (χ0) is 13.1. The van der Waals surface area contributed by atoms with Gasteiger partial charge in [0.05, 0.1) is 15.9 Å². The van der Waals surface area contributed by atoms with Gasteiger partial charge in [0.25, 0.3) is 0 Å². The SMILES string of the molecule is Cc1nn(C)c(CSc2ccc(CN)cc2)c1Br. The molecule has 2 N–H and O–H groups in total. The number of nitrogens with zero attached hydrogens (tertiary/aromatic N) is 2. The van der Waals surface area contributed by atoms with Gasteiger partial charge in [-0.3, -0.25) is 4.68 Å². The number of aryl methyl sites for hydroxylation is 2. The van der Waals surface area contributed by atoms with E-state index in [0.29, 0.717) is 6.54 Å². The maximum atomic E-state index is 5.58. The summed E-state index contributed by atoms with van der Waals surface area (Å²) in [6.45, 7) is 2.60. The van der Waals surface area contributed by atoms with E-state index in [2.05, 4.69) is 45.3 Å². The lowest BCUT2D eigenvalue weighted by atomic mass is 10.2. The lowest BCUT2D eigenvalue weighted by Crippen LogP contribution is -1.97. The van der Waals surface area contributed by atoms with Crippen LogP contribution in [0.4, 0.5) is 0 Å². The molecule has 0 saturated heterocycles. The molecule has 5 heteroatoms. The summed E-state index contributed by atoms with van der Waals surface area (Å²) < 4.78 is 3.04. The van der Waals surface area contributed by atoms with Gasteiger partial charge in [-0.25, -0.2) is 0 Å². The summed E-state index contributed by atoms with van der Waals surface area (Å²) in [7, 11) is 1.98. The molecule has 1 heterocycles. The van der Waals surface area contributed by atoms with Crippen molar-refractivity contribution in [2.24, 2.45) is 12.8 Å². The number of rotatable bonds is 4. The van der Waals surface area contributed by atoms with Crippen LogP contribution in [0.25, 0.3) is 0 Å². The molecule has 0 saturated carbocycles. The molecular weight excluding hydrogens is 310 g/mol. The van der Waals surface area contributed by atoms with Gasteiger partial charge >= 0.3 is 0 Å². The predicted molar refractivity (Wildman–Crippen MR) is 79.5 cm³/mol. The second kappa shape index (κ2) is 5.91. The molecule has 0 bridgehead atoms. The summed E-state index contributed by atoms with van der Waals surface area (Å²) in [6.07, 6.45) is 0. The van der Waals surface area contributed by atoms with Crippen molar-refractivity contribution in [3.05, 3.63) is 45.7 Å². The Kier molecular flexibility index (Phi) is 4.48. The van der Waals surface area contributed by atoms with Crippen LogP contribution in [0.3, 0.4) is 0 Å². The fraction of sp³-hybridized carbons (Fsp3) is 0.308. The largest absolute Gasteiger partial charge is 0.326 e. The minimum absolute atomic E-state index is 0.595. The number of nitrogens with two attached hydrogens (primary N) is 1. The number of halogens is 1. The summed E-state index contributed by atoms with van der Waals surface area (Å²) in [5.41, 5.74) is 8.99. The highest BCUT2D eigenvalue weighted by Gasteiger charge is 2.10. The summed E-state index contributed by atoms with van der Waals surface area (Å²) in [5, 5.41) is 4.39. The van der Waals surface area contributed by atoms with E-state index in [0.717, 1.165) is 21.5 Å². The van der Waals surface area contributed by atoms with Gasteiger partial charge in [-0.2, -0.15) is 5.10 Å². The lowest BCUT2D eigenvalue weighted by molar-refractivity contribution is 0.727. The molecule has 3 nitrogen and oxygen atoms in total. The van der Waals surface area contributed by atoms with E-state index in [1.165, 1.54) is 10.6 Å². The van der Waals surface area contributed by atoms with E-state index in [1.54, 1.807) is 11.8 Å². The number of hydrogen-bond acceptors (Lipinski definition) is 3. The average Bonchev–Trinajstić information content (AvgIpc) is 2.62. The van der Waals surface area contributed by atoms with Gasteiger partial charge < -0.3 is 5.73 Å².